The van der Waals surface area contributed by atoms with Crippen molar-refractivity contribution >= 4 is 15.9 Å². The average molecular weight is 330 g/mol. The summed E-state index contributed by atoms with van der Waals surface area (Å²) in [5.41, 5.74) is 1.23. The topological polar surface area (TPSA) is 30.5 Å². The van der Waals surface area contributed by atoms with Crippen molar-refractivity contribution in [2.45, 2.75) is 32.2 Å². The zero-order valence-corrected chi connectivity index (χ0v) is 13.6. The van der Waals surface area contributed by atoms with Gasteiger partial charge in [-0.3, -0.25) is 0 Å². The van der Waals surface area contributed by atoms with Crippen LogP contribution in [0.15, 0.2) is 22.7 Å². The summed E-state index contributed by atoms with van der Waals surface area (Å²) in [7, 11) is 3.47. The van der Waals surface area contributed by atoms with E-state index in [0.29, 0.717) is 6.04 Å². The maximum atomic E-state index is 5.40. The molecule has 0 fully saturated rings. The summed E-state index contributed by atoms with van der Waals surface area (Å²) in [5.74, 6) is 0.954. The molecule has 1 rings (SSSR count). The molecule has 0 spiro atoms. The van der Waals surface area contributed by atoms with Gasteiger partial charge in [0.05, 0.1) is 13.7 Å². The third-order valence-corrected chi connectivity index (χ3v) is 3.55. The fraction of sp³-hybridized carbons (Fsp3) is 0.600. The summed E-state index contributed by atoms with van der Waals surface area (Å²) in [6.07, 6.45) is 3.16. The highest BCUT2D eigenvalue weighted by atomic mass is 79.9. The molecular weight excluding hydrogens is 306 g/mol. The van der Waals surface area contributed by atoms with Gasteiger partial charge in [0.15, 0.2) is 0 Å². The molecular formula is C15H24BrNO2. The van der Waals surface area contributed by atoms with E-state index in [2.05, 4.69) is 34.2 Å². The SMILES string of the molecule is CCCNC(CCc1cc(Br)ccc1OC)COC. The Labute approximate surface area is 124 Å². The van der Waals surface area contributed by atoms with Gasteiger partial charge in [0.1, 0.15) is 5.75 Å². The lowest BCUT2D eigenvalue weighted by molar-refractivity contribution is 0.162. The molecule has 108 valence electrons. The van der Waals surface area contributed by atoms with Crippen molar-refractivity contribution in [3.8, 4) is 5.75 Å². The highest BCUT2D eigenvalue weighted by molar-refractivity contribution is 9.10. The maximum absolute atomic E-state index is 5.40. The first-order valence-corrected chi connectivity index (χ1v) is 7.55. The number of ether oxygens (including phenoxy) is 2. The first kappa shape index (κ1) is 16.5. The summed E-state index contributed by atoms with van der Waals surface area (Å²) < 4.78 is 11.8. The molecule has 0 aliphatic heterocycles. The molecule has 4 heteroatoms. The first-order chi connectivity index (χ1) is 9.21. The number of methoxy groups -OCH3 is 2. The Hall–Kier alpha value is -0.580. The molecule has 0 amide bonds. The molecule has 0 saturated heterocycles. The number of halogens is 1. The summed E-state index contributed by atoms with van der Waals surface area (Å²) in [6.45, 7) is 3.95. The van der Waals surface area contributed by atoms with Crippen molar-refractivity contribution < 1.29 is 9.47 Å². The van der Waals surface area contributed by atoms with Crippen molar-refractivity contribution in [3.05, 3.63) is 28.2 Å². The number of aryl methyl sites for hydroxylation is 1. The number of benzene rings is 1. The lowest BCUT2D eigenvalue weighted by Crippen LogP contribution is -2.34. The van der Waals surface area contributed by atoms with E-state index in [9.17, 15) is 0 Å². The van der Waals surface area contributed by atoms with Crippen LogP contribution in [-0.2, 0) is 11.2 Å². The smallest absolute Gasteiger partial charge is 0.122 e. The minimum Gasteiger partial charge on any atom is -0.496 e. The molecule has 0 saturated carbocycles. The van der Waals surface area contributed by atoms with Crippen LogP contribution in [0.3, 0.4) is 0 Å². The lowest BCUT2D eigenvalue weighted by Gasteiger charge is -2.18. The normalized spacial score (nSPS) is 12.4. The van der Waals surface area contributed by atoms with Crippen molar-refractivity contribution in [2.24, 2.45) is 0 Å². The van der Waals surface area contributed by atoms with Crippen molar-refractivity contribution in [1.29, 1.82) is 0 Å². The molecule has 0 aromatic heterocycles. The van der Waals surface area contributed by atoms with Gasteiger partial charge in [-0.1, -0.05) is 22.9 Å². The molecule has 19 heavy (non-hydrogen) atoms. The summed E-state index contributed by atoms with van der Waals surface area (Å²) >= 11 is 3.51. The third-order valence-electron chi connectivity index (χ3n) is 3.06. The molecule has 3 nitrogen and oxygen atoms in total. The minimum absolute atomic E-state index is 0.397. The molecule has 0 aliphatic carbocycles. The second-order valence-electron chi connectivity index (χ2n) is 4.60. The minimum atomic E-state index is 0.397. The van der Waals surface area contributed by atoms with E-state index < -0.39 is 0 Å². The van der Waals surface area contributed by atoms with Crippen molar-refractivity contribution in [2.75, 3.05) is 27.4 Å². The van der Waals surface area contributed by atoms with E-state index in [1.165, 1.54) is 5.56 Å². The maximum Gasteiger partial charge on any atom is 0.122 e. The fourth-order valence-corrected chi connectivity index (χ4v) is 2.47. The van der Waals surface area contributed by atoms with Crippen LogP contribution in [0.4, 0.5) is 0 Å². The molecule has 1 aromatic carbocycles. The summed E-state index contributed by atoms with van der Waals surface area (Å²) in [6, 6.07) is 6.53. The Balaban J connectivity index is 2.59. The highest BCUT2D eigenvalue weighted by Gasteiger charge is 2.10. The zero-order valence-electron chi connectivity index (χ0n) is 12.0. The Morgan fingerprint density at radius 2 is 2.11 bits per heavy atom. The quantitative estimate of drug-likeness (QED) is 0.753. The number of nitrogens with one attached hydrogen (secondary N) is 1. The second-order valence-corrected chi connectivity index (χ2v) is 5.52. The van der Waals surface area contributed by atoms with Crippen LogP contribution < -0.4 is 10.1 Å². The van der Waals surface area contributed by atoms with Gasteiger partial charge < -0.3 is 14.8 Å². The van der Waals surface area contributed by atoms with E-state index in [0.717, 1.165) is 42.6 Å². The van der Waals surface area contributed by atoms with Crippen molar-refractivity contribution in [1.82, 2.24) is 5.32 Å². The standard InChI is InChI=1S/C15H24BrNO2/c1-4-9-17-14(11-18-2)7-5-12-10-13(16)6-8-15(12)19-3/h6,8,10,14,17H,4-5,7,9,11H2,1-3H3. The molecule has 0 heterocycles. The van der Waals surface area contributed by atoms with E-state index >= 15 is 0 Å². The van der Waals surface area contributed by atoms with Gasteiger partial charge >= 0.3 is 0 Å². The largest absolute Gasteiger partial charge is 0.496 e. The zero-order chi connectivity index (χ0) is 14.1. The summed E-state index contributed by atoms with van der Waals surface area (Å²) in [5, 5.41) is 3.52. The van der Waals surface area contributed by atoms with Gasteiger partial charge in [0.2, 0.25) is 0 Å². The average Bonchev–Trinajstić information content (AvgIpc) is 2.42. The van der Waals surface area contributed by atoms with Gasteiger partial charge in [0.25, 0.3) is 0 Å². The van der Waals surface area contributed by atoms with Gasteiger partial charge in [-0.05, 0) is 49.6 Å². The van der Waals surface area contributed by atoms with E-state index in [1.54, 1.807) is 14.2 Å². The fourth-order valence-electron chi connectivity index (χ4n) is 2.07. The van der Waals surface area contributed by atoms with Crippen LogP contribution in [-0.4, -0.2) is 33.4 Å². The summed E-state index contributed by atoms with van der Waals surface area (Å²) in [4.78, 5) is 0. The highest BCUT2D eigenvalue weighted by Crippen LogP contribution is 2.24. The predicted molar refractivity (Wildman–Crippen MR) is 83.0 cm³/mol. The van der Waals surface area contributed by atoms with E-state index in [-0.39, 0.29) is 0 Å². The Morgan fingerprint density at radius 3 is 2.74 bits per heavy atom. The van der Waals surface area contributed by atoms with Gasteiger partial charge in [-0.15, -0.1) is 0 Å². The van der Waals surface area contributed by atoms with Crippen LogP contribution in [0, 0.1) is 0 Å². The third kappa shape index (κ3) is 5.93. The first-order valence-electron chi connectivity index (χ1n) is 6.76. The number of hydrogen-bond acceptors (Lipinski definition) is 3. The van der Waals surface area contributed by atoms with Gasteiger partial charge in [0, 0.05) is 17.6 Å². The molecule has 1 atom stereocenters. The van der Waals surface area contributed by atoms with Crippen LogP contribution in [0.5, 0.6) is 5.75 Å². The van der Waals surface area contributed by atoms with Gasteiger partial charge in [-0.2, -0.15) is 0 Å². The van der Waals surface area contributed by atoms with E-state index in [1.807, 2.05) is 12.1 Å². The Morgan fingerprint density at radius 1 is 1.32 bits per heavy atom. The lowest BCUT2D eigenvalue weighted by atomic mass is 10.0. The second kappa shape index (κ2) is 9.34. The van der Waals surface area contributed by atoms with Gasteiger partial charge in [-0.25, -0.2) is 0 Å². The molecule has 0 aliphatic rings. The Kier molecular flexibility index (Phi) is 8.10. The number of rotatable bonds is 9. The monoisotopic (exact) mass is 329 g/mol. The van der Waals surface area contributed by atoms with Crippen LogP contribution in [0.2, 0.25) is 0 Å². The Bertz CT molecular complexity index is 371. The molecule has 1 N–H and O–H groups in total. The van der Waals surface area contributed by atoms with Crippen molar-refractivity contribution in [3.63, 3.8) is 0 Å². The number of hydrogen-bond donors (Lipinski definition) is 1. The molecule has 0 radical (unpaired) electrons. The molecule has 1 aromatic rings. The molecule has 0 bridgehead atoms. The van der Waals surface area contributed by atoms with Crippen LogP contribution >= 0.6 is 15.9 Å². The van der Waals surface area contributed by atoms with Crippen LogP contribution in [0.1, 0.15) is 25.3 Å². The van der Waals surface area contributed by atoms with E-state index in [4.69, 9.17) is 9.47 Å². The molecule has 1 unspecified atom stereocenters. The van der Waals surface area contributed by atoms with Crippen LogP contribution in [0.25, 0.3) is 0 Å². The predicted octanol–water partition coefficient (Wildman–Crippen LogP) is 3.40.